The van der Waals surface area contributed by atoms with Crippen molar-refractivity contribution in [1.29, 1.82) is 0 Å². The largest absolute Gasteiger partial charge is 0.352 e. The van der Waals surface area contributed by atoms with Gasteiger partial charge in [-0.3, -0.25) is 9.59 Å². The van der Waals surface area contributed by atoms with E-state index in [1.165, 1.54) is 12.8 Å². The van der Waals surface area contributed by atoms with Gasteiger partial charge in [0.1, 0.15) is 0 Å². The number of hydrogen-bond acceptors (Lipinski definition) is 2. The monoisotopic (exact) mass is 430 g/mol. The summed E-state index contributed by atoms with van der Waals surface area (Å²) in [6.07, 6.45) is 12.4. The molecule has 0 aliphatic heterocycles. The summed E-state index contributed by atoms with van der Waals surface area (Å²) in [5, 5.41) is 5.95. The van der Waals surface area contributed by atoms with Crippen molar-refractivity contribution in [3.63, 3.8) is 0 Å². The van der Waals surface area contributed by atoms with Crippen LogP contribution in [-0.4, -0.2) is 23.9 Å². The van der Waals surface area contributed by atoms with E-state index < -0.39 is 0 Å². The molecular formula is C27H46N2O2. The van der Waals surface area contributed by atoms with Crippen LogP contribution in [0.2, 0.25) is 0 Å². The highest BCUT2D eigenvalue weighted by molar-refractivity contribution is 5.96. The topological polar surface area (TPSA) is 58.2 Å². The number of carbonyl (C=O) groups is 2. The lowest BCUT2D eigenvalue weighted by Gasteiger charge is -2.30. The lowest BCUT2D eigenvalue weighted by atomic mass is 9.79. The van der Waals surface area contributed by atoms with E-state index >= 15 is 0 Å². The number of hydrogen-bond donors (Lipinski definition) is 2. The fraction of sp³-hybridized carbons (Fsp3) is 0.704. The number of rotatable bonds is 10. The molecule has 4 nitrogen and oxygen atoms in total. The normalized spacial score (nSPS) is 14.6. The maximum absolute atomic E-state index is 12.7. The Hall–Kier alpha value is -2.02. The number of carbonyl (C=O) groups excluding carboxylic acids is 2. The Bertz CT molecular complexity index is 707. The second kappa shape index (κ2) is 12.1. The zero-order valence-corrected chi connectivity index (χ0v) is 21.7. The van der Waals surface area contributed by atoms with Crippen LogP contribution in [0.4, 0.5) is 0 Å². The standard InChI is InChI=1S/C27H46N2O2/c1-12-13-22(15-14-21(3)23(30)29-26(7,8)9)24(31)28-19-27(10,11)18-20(2)16-17-25(4,5)6/h1,14-15,20H,13,16-19H2,2-11H3,(H,28,31)(H,29,30)/b21-14+,22-15+. The average molecular weight is 431 g/mol. The quantitative estimate of drug-likeness (QED) is 0.262. The fourth-order valence-corrected chi connectivity index (χ4v) is 3.30. The molecule has 1 atom stereocenters. The molecular weight excluding hydrogens is 384 g/mol. The predicted octanol–water partition coefficient (Wildman–Crippen LogP) is 5.79. The molecule has 0 spiro atoms. The molecule has 0 fully saturated rings. The van der Waals surface area contributed by atoms with E-state index in [0.717, 1.165) is 6.42 Å². The van der Waals surface area contributed by atoms with Crippen molar-refractivity contribution in [2.45, 2.75) is 100 Å². The summed E-state index contributed by atoms with van der Waals surface area (Å²) in [6.45, 7) is 21.6. The Morgan fingerprint density at radius 3 is 2.06 bits per heavy atom. The molecule has 0 radical (unpaired) electrons. The van der Waals surface area contributed by atoms with Crippen LogP contribution < -0.4 is 10.6 Å². The van der Waals surface area contributed by atoms with Crippen molar-refractivity contribution >= 4 is 11.8 Å². The second-order valence-electron chi connectivity index (χ2n) is 11.9. The van der Waals surface area contributed by atoms with Crippen LogP contribution in [0, 0.1) is 29.1 Å². The van der Waals surface area contributed by atoms with Crippen molar-refractivity contribution < 1.29 is 9.59 Å². The molecule has 0 aliphatic carbocycles. The molecule has 2 N–H and O–H groups in total. The van der Waals surface area contributed by atoms with Crippen LogP contribution in [0.5, 0.6) is 0 Å². The third-order valence-electron chi connectivity index (χ3n) is 4.98. The fourth-order valence-electron chi connectivity index (χ4n) is 3.30. The third-order valence-corrected chi connectivity index (χ3v) is 4.98. The van der Waals surface area contributed by atoms with Crippen LogP contribution in [0.3, 0.4) is 0 Å². The summed E-state index contributed by atoms with van der Waals surface area (Å²) >= 11 is 0. The van der Waals surface area contributed by atoms with Gasteiger partial charge in [-0.1, -0.05) is 60.1 Å². The Morgan fingerprint density at radius 1 is 1.00 bits per heavy atom. The van der Waals surface area contributed by atoms with Gasteiger partial charge in [-0.2, -0.15) is 0 Å². The van der Waals surface area contributed by atoms with Crippen molar-refractivity contribution in [2.75, 3.05) is 6.54 Å². The van der Waals surface area contributed by atoms with E-state index in [-0.39, 0.29) is 29.2 Å². The van der Waals surface area contributed by atoms with Gasteiger partial charge in [-0.15, -0.1) is 12.3 Å². The maximum Gasteiger partial charge on any atom is 0.248 e. The molecule has 0 aromatic rings. The highest BCUT2D eigenvalue weighted by Crippen LogP contribution is 2.30. The minimum absolute atomic E-state index is 0.00738. The van der Waals surface area contributed by atoms with Gasteiger partial charge in [0, 0.05) is 29.7 Å². The van der Waals surface area contributed by atoms with E-state index in [1.54, 1.807) is 19.1 Å². The van der Waals surface area contributed by atoms with Crippen molar-refractivity contribution in [1.82, 2.24) is 10.6 Å². The summed E-state index contributed by atoms with van der Waals surface area (Å²) in [5.41, 5.74) is 1.04. The zero-order valence-electron chi connectivity index (χ0n) is 21.7. The first kappa shape index (κ1) is 29.0. The van der Waals surface area contributed by atoms with Gasteiger partial charge >= 0.3 is 0 Å². The van der Waals surface area contributed by atoms with Crippen molar-refractivity contribution in [3.05, 3.63) is 23.3 Å². The molecule has 0 aromatic carbocycles. The summed E-state index contributed by atoms with van der Waals surface area (Å²) < 4.78 is 0. The lowest BCUT2D eigenvalue weighted by Crippen LogP contribution is -2.40. The van der Waals surface area contributed by atoms with E-state index in [1.807, 2.05) is 20.8 Å². The number of allylic oxidation sites excluding steroid dienone is 2. The van der Waals surface area contributed by atoms with Crippen molar-refractivity contribution in [3.8, 4) is 12.3 Å². The summed E-state index contributed by atoms with van der Waals surface area (Å²) in [7, 11) is 0. The molecule has 0 aliphatic rings. The van der Waals surface area contributed by atoms with Crippen LogP contribution in [0.15, 0.2) is 23.3 Å². The molecule has 0 rings (SSSR count). The molecule has 31 heavy (non-hydrogen) atoms. The Morgan fingerprint density at radius 2 is 1.58 bits per heavy atom. The van der Waals surface area contributed by atoms with Gasteiger partial charge in [-0.05, 0) is 57.3 Å². The lowest BCUT2D eigenvalue weighted by molar-refractivity contribution is -0.119. The van der Waals surface area contributed by atoms with Gasteiger partial charge in [0.2, 0.25) is 11.8 Å². The predicted molar refractivity (Wildman–Crippen MR) is 132 cm³/mol. The molecule has 0 aromatic heterocycles. The first-order valence-electron chi connectivity index (χ1n) is 11.4. The number of terminal acetylenes is 1. The van der Waals surface area contributed by atoms with E-state index in [0.29, 0.717) is 29.0 Å². The smallest absolute Gasteiger partial charge is 0.248 e. The first-order chi connectivity index (χ1) is 14.0. The molecule has 176 valence electrons. The van der Waals surface area contributed by atoms with Gasteiger partial charge < -0.3 is 10.6 Å². The van der Waals surface area contributed by atoms with Crippen LogP contribution in [0.1, 0.15) is 94.9 Å². The second-order valence-corrected chi connectivity index (χ2v) is 11.9. The van der Waals surface area contributed by atoms with Crippen LogP contribution in [0.25, 0.3) is 0 Å². The minimum Gasteiger partial charge on any atom is -0.352 e. The summed E-state index contributed by atoms with van der Waals surface area (Å²) in [4.78, 5) is 25.0. The third kappa shape index (κ3) is 14.6. The maximum atomic E-state index is 12.7. The van der Waals surface area contributed by atoms with E-state index in [4.69, 9.17) is 6.42 Å². The SMILES string of the molecule is C#CC/C(=C\C=C(/C)C(=O)NC(C)(C)C)C(=O)NCC(C)(C)CC(C)CCC(C)(C)C. The van der Waals surface area contributed by atoms with Crippen LogP contribution >= 0.6 is 0 Å². The van der Waals surface area contributed by atoms with E-state index in [2.05, 4.69) is 58.1 Å². The Balaban J connectivity index is 5.01. The van der Waals surface area contributed by atoms with Gasteiger partial charge in [0.15, 0.2) is 0 Å². The summed E-state index contributed by atoms with van der Waals surface area (Å²) in [5.74, 6) is 2.81. The molecule has 0 bridgehead atoms. The Labute approximate surface area is 191 Å². The van der Waals surface area contributed by atoms with Crippen molar-refractivity contribution in [2.24, 2.45) is 16.7 Å². The number of amides is 2. The minimum atomic E-state index is -0.315. The van der Waals surface area contributed by atoms with Crippen LogP contribution in [-0.2, 0) is 9.59 Å². The highest BCUT2D eigenvalue weighted by Gasteiger charge is 2.24. The highest BCUT2D eigenvalue weighted by atomic mass is 16.2. The molecule has 0 saturated carbocycles. The molecule has 1 unspecified atom stereocenters. The van der Waals surface area contributed by atoms with Gasteiger partial charge in [0.05, 0.1) is 0 Å². The summed E-state index contributed by atoms with van der Waals surface area (Å²) in [6, 6.07) is 0. The average Bonchev–Trinajstić information content (AvgIpc) is 2.58. The Kier molecular flexibility index (Phi) is 11.3. The number of nitrogens with one attached hydrogen (secondary N) is 2. The van der Waals surface area contributed by atoms with Gasteiger partial charge in [0.25, 0.3) is 0 Å². The first-order valence-corrected chi connectivity index (χ1v) is 11.4. The zero-order chi connectivity index (χ0) is 24.5. The molecule has 4 heteroatoms. The molecule has 0 saturated heterocycles. The van der Waals surface area contributed by atoms with Gasteiger partial charge in [-0.25, -0.2) is 0 Å². The van der Waals surface area contributed by atoms with E-state index in [9.17, 15) is 9.59 Å². The molecule has 2 amide bonds. The molecule has 0 heterocycles.